The molecule has 5 nitrogen and oxygen atoms in total. The van der Waals surface area contributed by atoms with Crippen molar-refractivity contribution in [2.75, 3.05) is 11.1 Å². The van der Waals surface area contributed by atoms with Gasteiger partial charge in [-0.15, -0.1) is 21.8 Å². The van der Waals surface area contributed by atoms with Crippen LogP contribution in [-0.2, 0) is 10.2 Å². The summed E-state index contributed by atoms with van der Waals surface area (Å²) in [7, 11) is 0. The normalized spacial score (nSPS) is 34.6. The number of hydrogen-bond donors (Lipinski definition) is 1. The second-order valence-corrected chi connectivity index (χ2v) is 13.6. The molecule has 0 saturated heterocycles. The van der Waals surface area contributed by atoms with E-state index >= 15 is 0 Å². The molecule has 190 valence electrons. The van der Waals surface area contributed by atoms with Crippen LogP contribution in [0.25, 0.3) is 0 Å². The summed E-state index contributed by atoms with van der Waals surface area (Å²) < 4.78 is 5.83. The first-order valence-electron chi connectivity index (χ1n) is 12.9. The van der Waals surface area contributed by atoms with E-state index in [0.717, 1.165) is 23.4 Å². The van der Waals surface area contributed by atoms with Crippen molar-refractivity contribution in [2.45, 2.75) is 73.3 Å². The van der Waals surface area contributed by atoms with Crippen LogP contribution in [0.4, 0.5) is 5.69 Å². The molecule has 36 heavy (non-hydrogen) atoms. The minimum Gasteiger partial charge on any atom is -0.415 e. The van der Waals surface area contributed by atoms with Crippen LogP contribution in [0.1, 0.15) is 69.2 Å². The van der Waals surface area contributed by atoms with E-state index in [1.54, 1.807) is 12.2 Å². The second kappa shape index (κ2) is 9.52. The van der Waals surface area contributed by atoms with Gasteiger partial charge in [0.1, 0.15) is 0 Å². The number of carbonyl (C=O) groups is 1. The van der Waals surface area contributed by atoms with Crippen molar-refractivity contribution in [3.05, 3.63) is 59.0 Å². The molecule has 0 spiro atoms. The molecule has 2 atom stereocenters. The van der Waals surface area contributed by atoms with Gasteiger partial charge < -0.3 is 9.73 Å². The van der Waals surface area contributed by atoms with E-state index in [2.05, 4.69) is 33.7 Å². The Bertz CT molecular complexity index is 1190. The SMILES string of the molecule is CC1(Cl)C=C(Cl)C=CC1c1nnc(SCCC(=O)Nc2cccc(C34CC5CC(CC(C5)C3)C4)c2)o1. The molecule has 0 radical (unpaired) electrons. The highest BCUT2D eigenvalue weighted by Crippen LogP contribution is 2.60. The van der Waals surface area contributed by atoms with Crippen LogP contribution in [0.2, 0.25) is 0 Å². The van der Waals surface area contributed by atoms with Crippen LogP contribution in [0.3, 0.4) is 0 Å². The third-order valence-electron chi connectivity index (χ3n) is 8.52. The summed E-state index contributed by atoms with van der Waals surface area (Å²) in [5.41, 5.74) is 2.65. The van der Waals surface area contributed by atoms with E-state index in [1.807, 2.05) is 19.1 Å². The fourth-order valence-corrected chi connectivity index (χ4v) is 8.70. The molecule has 1 amide bonds. The number of nitrogens with one attached hydrogen (secondary N) is 1. The largest absolute Gasteiger partial charge is 0.415 e. The number of carbonyl (C=O) groups excluding carboxylic acids is 1. The molecule has 4 fully saturated rings. The van der Waals surface area contributed by atoms with Gasteiger partial charge >= 0.3 is 0 Å². The van der Waals surface area contributed by atoms with Gasteiger partial charge in [0.15, 0.2) is 0 Å². The monoisotopic (exact) mass is 543 g/mol. The first-order chi connectivity index (χ1) is 17.3. The number of thioether (sulfide) groups is 1. The minimum atomic E-state index is -0.731. The van der Waals surface area contributed by atoms with Gasteiger partial charge in [-0.05, 0) is 98.5 Å². The maximum atomic E-state index is 12.7. The van der Waals surface area contributed by atoms with Crippen LogP contribution in [-0.4, -0.2) is 26.7 Å². The van der Waals surface area contributed by atoms with Crippen LogP contribution >= 0.6 is 35.0 Å². The summed E-state index contributed by atoms with van der Waals surface area (Å²) in [6, 6.07) is 8.61. The molecular weight excluding hydrogens is 513 g/mol. The van der Waals surface area contributed by atoms with Gasteiger partial charge in [0.25, 0.3) is 5.22 Å². The number of aromatic nitrogens is 2. The Morgan fingerprint density at radius 2 is 1.89 bits per heavy atom. The van der Waals surface area contributed by atoms with Crippen molar-refractivity contribution < 1.29 is 9.21 Å². The lowest BCUT2D eigenvalue weighted by molar-refractivity contribution is -0.115. The average Bonchev–Trinajstić information content (AvgIpc) is 3.26. The second-order valence-electron chi connectivity index (χ2n) is 11.3. The topological polar surface area (TPSA) is 68.0 Å². The van der Waals surface area contributed by atoms with Gasteiger partial charge in [0.2, 0.25) is 11.8 Å². The van der Waals surface area contributed by atoms with E-state index < -0.39 is 4.87 Å². The number of allylic oxidation sites excluding steroid dienone is 4. The molecule has 4 bridgehead atoms. The highest BCUT2D eigenvalue weighted by atomic mass is 35.5. The summed E-state index contributed by atoms with van der Waals surface area (Å²) in [4.78, 5) is 12.0. The van der Waals surface area contributed by atoms with Gasteiger partial charge in [-0.1, -0.05) is 41.6 Å². The molecule has 2 unspecified atom stereocenters. The summed E-state index contributed by atoms with van der Waals surface area (Å²) >= 11 is 14.0. The predicted molar refractivity (Wildman–Crippen MR) is 145 cm³/mol. The summed E-state index contributed by atoms with van der Waals surface area (Å²) in [5, 5.41) is 12.4. The van der Waals surface area contributed by atoms with Crippen molar-refractivity contribution in [1.82, 2.24) is 10.2 Å². The van der Waals surface area contributed by atoms with Gasteiger partial charge in [-0.3, -0.25) is 4.79 Å². The third kappa shape index (κ3) is 4.89. The summed E-state index contributed by atoms with van der Waals surface area (Å²) in [5.74, 6) is 3.43. The predicted octanol–water partition coefficient (Wildman–Crippen LogP) is 7.43. The molecular formula is C28H31Cl2N3O2S. The average molecular weight is 545 g/mol. The van der Waals surface area contributed by atoms with Crippen LogP contribution < -0.4 is 5.32 Å². The molecule has 2 aromatic rings. The lowest BCUT2D eigenvalue weighted by atomic mass is 9.48. The Labute approximate surface area is 226 Å². The molecule has 1 aromatic heterocycles. The van der Waals surface area contributed by atoms with E-state index in [4.69, 9.17) is 27.6 Å². The van der Waals surface area contributed by atoms with Gasteiger partial charge in [-0.2, -0.15) is 0 Å². The Kier molecular flexibility index (Phi) is 6.50. The zero-order valence-electron chi connectivity index (χ0n) is 20.4. The number of anilines is 1. The van der Waals surface area contributed by atoms with Crippen molar-refractivity contribution in [2.24, 2.45) is 17.8 Å². The maximum Gasteiger partial charge on any atom is 0.276 e. The number of rotatable bonds is 7. The number of nitrogens with zero attached hydrogens (tertiary/aromatic N) is 2. The molecule has 5 aliphatic carbocycles. The first-order valence-corrected chi connectivity index (χ1v) is 14.6. The smallest absolute Gasteiger partial charge is 0.276 e. The molecule has 8 heteroatoms. The van der Waals surface area contributed by atoms with E-state index in [9.17, 15) is 4.79 Å². The number of hydrogen-bond acceptors (Lipinski definition) is 5. The molecule has 5 aliphatic rings. The van der Waals surface area contributed by atoms with Gasteiger partial charge in [0, 0.05) is 22.9 Å². The molecule has 1 N–H and O–H groups in total. The fraction of sp³-hybridized carbons (Fsp3) is 0.536. The van der Waals surface area contributed by atoms with Crippen LogP contribution in [0.5, 0.6) is 0 Å². The number of halogens is 2. The standard InChI is InChI=1S/C28H31Cl2N3O2S/c1-27(30)16-21(29)5-6-23(27)25-32-33-26(35-25)36-8-7-24(34)31-22-4-2-3-20(12-22)28-13-17-9-18(14-28)11-19(10-17)15-28/h2-6,12,16-19,23H,7-11,13-15H2,1H3,(H,31,34). The van der Waals surface area contributed by atoms with Gasteiger partial charge in [0.05, 0.1) is 10.8 Å². The summed E-state index contributed by atoms with van der Waals surface area (Å²) in [6.45, 7) is 1.87. The molecule has 1 heterocycles. The number of alkyl halides is 1. The Balaban J connectivity index is 1.03. The van der Waals surface area contributed by atoms with Crippen LogP contribution in [0, 0.1) is 17.8 Å². The fourth-order valence-electron chi connectivity index (χ4n) is 7.36. The highest BCUT2D eigenvalue weighted by molar-refractivity contribution is 7.99. The number of amides is 1. The third-order valence-corrected chi connectivity index (χ3v) is 9.92. The lowest BCUT2D eigenvalue weighted by Crippen LogP contribution is -2.48. The Hall–Kier alpha value is -1.76. The molecule has 4 saturated carbocycles. The van der Waals surface area contributed by atoms with Gasteiger partial charge in [-0.25, -0.2) is 0 Å². The lowest BCUT2D eigenvalue weighted by Gasteiger charge is -2.57. The molecule has 7 rings (SSSR count). The Morgan fingerprint density at radius 1 is 1.17 bits per heavy atom. The molecule has 0 aliphatic heterocycles. The zero-order chi connectivity index (χ0) is 24.9. The number of benzene rings is 1. The van der Waals surface area contributed by atoms with Crippen molar-refractivity contribution >= 4 is 46.6 Å². The maximum absolute atomic E-state index is 12.7. The minimum absolute atomic E-state index is 0.00627. The van der Waals surface area contributed by atoms with Crippen molar-refractivity contribution in [3.8, 4) is 0 Å². The van der Waals surface area contributed by atoms with E-state index in [0.29, 0.717) is 33.7 Å². The first kappa shape index (κ1) is 24.6. The zero-order valence-corrected chi connectivity index (χ0v) is 22.7. The summed E-state index contributed by atoms with van der Waals surface area (Å²) in [6.07, 6.45) is 14.1. The van der Waals surface area contributed by atoms with E-state index in [1.165, 1.54) is 55.9 Å². The highest BCUT2D eigenvalue weighted by Gasteiger charge is 2.51. The quantitative estimate of drug-likeness (QED) is 0.290. The molecule has 1 aromatic carbocycles. The van der Waals surface area contributed by atoms with Crippen molar-refractivity contribution in [1.29, 1.82) is 0 Å². The Morgan fingerprint density at radius 3 is 2.58 bits per heavy atom. The van der Waals surface area contributed by atoms with E-state index in [-0.39, 0.29) is 11.8 Å². The van der Waals surface area contributed by atoms with Crippen molar-refractivity contribution in [3.63, 3.8) is 0 Å². The van der Waals surface area contributed by atoms with Crippen LogP contribution in [0.15, 0.2) is 57.2 Å².